The van der Waals surface area contributed by atoms with E-state index in [2.05, 4.69) is 28.5 Å². The number of carbonyl (C=O) groups is 2. The number of aryl methyl sites for hydroxylation is 1. The lowest BCUT2D eigenvalue weighted by molar-refractivity contribution is -0.171. The highest BCUT2D eigenvalue weighted by molar-refractivity contribution is 7.92. The molecule has 2 aromatic carbocycles. The number of rotatable bonds is 13. The minimum Gasteiger partial charge on any atom is -0.490 e. The van der Waals surface area contributed by atoms with Gasteiger partial charge in [0.1, 0.15) is 15.7 Å². The van der Waals surface area contributed by atoms with E-state index in [1.165, 1.54) is 35.1 Å². The van der Waals surface area contributed by atoms with Crippen molar-refractivity contribution < 1.29 is 41.2 Å². The SMILES string of the molecule is C=CC[C@H](COC)CS(=O)(=NC(=O)c1ccc2c(c1)N(C[C@@H]1CC[C@H]1[C@H](C=C)OC)C[C@@]1(CCCc3cc(Cl)ccc31)CO2)NC(=O)C(F)(F)F. The smallest absolute Gasteiger partial charge is 0.472 e. The van der Waals surface area contributed by atoms with Gasteiger partial charge in [-0.25, -0.2) is 4.21 Å². The number of amides is 2. The second kappa shape index (κ2) is 16.1. The average molecular weight is 752 g/mol. The molecular formula is C37H45ClF3N3O6S. The molecule has 3 aliphatic rings. The Morgan fingerprint density at radius 1 is 1.22 bits per heavy atom. The van der Waals surface area contributed by atoms with Gasteiger partial charge in [0.25, 0.3) is 5.91 Å². The Labute approximate surface area is 302 Å². The number of alkyl halides is 3. The summed E-state index contributed by atoms with van der Waals surface area (Å²) in [6, 6.07) is 10.6. The van der Waals surface area contributed by atoms with Gasteiger partial charge in [-0.15, -0.1) is 17.5 Å². The van der Waals surface area contributed by atoms with Crippen LogP contribution in [0.25, 0.3) is 0 Å². The molecule has 0 aromatic heterocycles. The molecule has 1 spiro atoms. The summed E-state index contributed by atoms with van der Waals surface area (Å²) in [5, 5.41) is 0.667. The van der Waals surface area contributed by atoms with Crippen molar-refractivity contribution in [2.24, 2.45) is 22.1 Å². The van der Waals surface area contributed by atoms with Crippen molar-refractivity contribution in [2.75, 3.05) is 51.2 Å². The number of allylic oxidation sites excluding steroid dienone is 1. The van der Waals surface area contributed by atoms with E-state index in [1.54, 1.807) is 19.2 Å². The summed E-state index contributed by atoms with van der Waals surface area (Å²) in [4.78, 5) is 27.9. The van der Waals surface area contributed by atoms with Gasteiger partial charge in [-0.3, -0.25) is 14.3 Å². The number of hydrogen-bond donors (Lipinski definition) is 1. The molecule has 0 bridgehead atoms. The van der Waals surface area contributed by atoms with Gasteiger partial charge in [-0.2, -0.15) is 13.2 Å². The van der Waals surface area contributed by atoms with Crippen LogP contribution in [0.4, 0.5) is 18.9 Å². The second-order valence-electron chi connectivity index (χ2n) is 13.7. The number of benzene rings is 2. The van der Waals surface area contributed by atoms with Gasteiger partial charge in [0.15, 0.2) is 0 Å². The fourth-order valence-corrected chi connectivity index (χ4v) is 9.74. The molecule has 0 radical (unpaired) electrons. The first-order chi connectivity index (χ1) is 24.2. The van der Waals surface area contributed by atoms with E-state index >= 15 is 0 Å². The lowest BCUT2D eigenvalue weighted by atomic mass is 9.68. The van der Waals surface area contributed by atoms with E-state index in [1.807, 2.05) is 18.2 Å². The highest BCUT2D eigenvalue weighted by Crippen LogP contribution is 2.47. The number of ether oxygens (including phenoxy) is 3. The molecule has 1 saturated carbocycles. The Morgan fingerprint density at radius 3 is 2.65 bits per heavy atom. The normalized spacial score (nSPS) is 23.6. The second-order valence-corrected chi connectivity index (χ2v) is 16.1. The molecule has 278 valence electrons. The Morgan fingerprint density at radius 2 is 2.00 bits per heavy atom. The van der Waals surface area contributed by atoms with E-state index in [4.69, 9.17) is 25.8 Å². The largest absolute Gasteiger partial charge is 0.490 e. The van der Waals surface area contributed by atoms with Crippen molar-refractivity contribution in [1.29, 1.82) is 0 Å². The highest BCUT2D eigenvalue weighted by Gasteiger charge is 2.45. The summed E-state index contributed by atoms with van der Waals surface area (Å²) in [6.45, 7) is 9.15. The maximum atomic E-state index is 13.9. The highest BCUT2D eigenvalue weighted by atomic mass is 35.5. The Kier molecular flexibility index (Phi) is 12.3. The molecule has 2 aliphatic carbocycles. The zero-order chi connectivity index (χ0) is 37.0. The number of methoxy groups -OCH3 is 2. The van der Waals surface area contributed by atoms with E-state index in [-0.39, 0.29) is 41.9 Å². The number of halogens is 4. The lowest BCUT2D eigenvalue weighted by Gasteiger charge is -2.46. The van der Waals surface area contributed by atoms with E-state index < -0.39 is 39.6 Å². The minimum absolute atomic E-state index is 0.00518. The fraction of sp³-hybridized carbons (Fsp3) is 0.514. The first-order valence-corrected chi connectivity index (χ1v) is 19.0. The molecular weight excluding hydrogens is 707 g/mol. The number of nitrogens with zero attached hydrogens (tertiary/aromatic N) is 2. The summed E-state index contributed by atoms with van der Waals surface area (Å²) in [6.07, 6.45) is 2.69. The average Bonchev–Trinajstić information content (AvgIpc) is 3.21. The summed E-state index contributed by atoms with van der Waals surface area (Å²) >= 11 is 6.40. The molecule has 9 nitrogen and oxygen atoms in total. The third-order valence-corrected chi connectivity index (χ3v) is 12.4. The van der Waals surface area contributed by atoms with Gasteiger partial charge in [0.2, 0.25) is 0 Å². The van der Waals surface area contributed by atoms with Crippen LogP contribution in [0.1, 0.15) is 53.6 Å². The van der Waals surface area contributed by atoms with Gasteiger partial charge in [0.05, 0.1) is 30.8 Å². The summed E-state index contributed by atoms with van der Waals surface area (Å²) < 4.78 is 76.5. The standard InChI is InChI=1S/C37H45ClF3N3O6S/c1-5-8-24(20-48-3)21-51(47,43-35(46)37(39,40)41)42-34(45)26-11-15-33-31(18-26)44(19-27-10-13-29(27)32(6-2)49-4)22-36(23-50-33)16-7-9-25-17-28(38)12-14-30(25)36/h5-6,11-12,14-15,17-18,24,27,29,32H,1-2,7-10,13,16,19-23H2,3-4H3,(H,42,43,45,46,47)/t24-,27+,29-,32+,36+,51?/m1/s1. The van der Waals surface area contributed by atoms with Crippen LogP contribution in [0.3, 0.4) is 0 Å². The zero-order valence-electron chi connectivity index (χ0n) is 28.9. The van der Waals surface area contributed by atoms with Crippen molar-refractivity contribution in [1.82, 2.24) is 4.72 Å². The Hall–Kier alpha value is -3.39. The third kappa shape index (κ3) is 8.81. The van der Waals surface area contributed by atoms with Crippen LogP contribution in [-0.2, 0) is 36.0 Å². The van der Waals surface area contributed by atoms with Crippen LogP contribution in [0.2, 0.25) is 5.02 Å². The van der Waals surface area contributed by atoms with Gasteiger partial charge < -0.3 is 19.1 Å². The molecule has 0 saturated heterocycles. The van der Waals surface area contributed by atoms with Gasteiger partial charge in [-0.05, 0) is 97.7 Å². The first kappa shape index (κ1) is 38.8. The van der Waals surface area contributed by atoms with Crippen LogP contribution < -0.4 is 14.4 Å². The third-order valence-electron chi connectivity index (χ3n) is 10.2. The molecule has 1 heterocycles. The number of nitrogens with one attached hydrogen (secondary N) is 1. The molecule has 51 heavy (non-hydrogen) atoms. The van der Waals surface area contributed by atoms with E-state index in [0.29, 0.717) is 36.2 Å². The van der Waals surface area contributed by atoms with E-state index in [9.17, 15) is 27.0 Å². The maximum absolute atomic E-state index is 13.9. The first-order valence-electron chi connectivity index (χ1n) is 17.0. The molecule has 1 N–H and O–H groups in total. The minimum atomic E-state index is -5.34. The molecule has 1 aliphatic heterocycles. The number of anilines is 1. The summed E-state index contributed by atoms with van der Waals surface area (Å²) in [5.74, 6) is -3.66. The Balaban J connectivity index is 1.55. The molecule has 2 aromatic rings. The molecule has 1 fully saturated rings. The predicted octanol–water partition coefficient (Wildman–Crippen LogP) is 7.08. The van der Waals surface area contributed by atoms with Crippen LogP contribution in [-0.4, -0.2) is 74.6 Å². The van der Waals surface area contributed by atoms with Crippen LogP contribution >= 0.6 is 11.6 Å². The van der Waals surface area contributed by atoms with Gasteiger partial charge in [-0.1, -0.05) is 29.8 Å². The topological polar surface area (TPSA) is 107 Å². The van der Waals surface area contributed by atoms with Crippen molar-refractivity contribution in [3.63, 3.8) is 0 Å². The number of fused-ring (bicyclic) bond motifs is 3. The molecule has 5 rings (SSSR count). The van der Waals surface area contributed by atoms with Crippen LogP contribution in [0.15, 0.2) is 66.1 Å². The van der Waals surface area contributed by atoms with Crippen molar-refractivity contribution in [3.05, 3.63) is 83.4 Å². The van der Waals surface area contributed by atoms with Crippen LogP contribution in [0.5, 0.6) is 5.75 Å². The number of hydrogen-bond acceptors (Lipinski definition) is 7. The van der Waals surface area contributed by atoms with Gasteiger partial charge >= 0.3 is 12.1 Å². The van der Waals surface area contributed by atoms with Crippen molar-refractivity contribution >= 4 is 39.0 Å². The summed E-state index contributed by atoms with van der Waals surface area (Å²) in [7, 11) is -1.21. The number of carbonyl (C=O) groups excluding carboxylic acids is 2. The van der Waals surface area contributed by atoms with Gasteiger partial charge in [0, 0.05) is 43.3 Å². The quantitative estimate of drug-likeness (QED) is 0.218. The maximum Gasteiger partial charge on any atom is 0.472 e. The van der Waals surface area contributed by atoms with Crippen molar-refractivity contribution in [3.8, 4) is 5.75 Å². The molecule has 6 atom stereocenters. The monoisotopic (exact) mass is 751 g/mol. The van der Waals surface area contributed by atoms with Crippen LogP contribution in [0, 0.1) is 17.8 Å². The fourth-order valence-electron chi connectivity index (χ4n) is 7.70. The molecule has 2 amide bonds. The van der Waals surface area contributed by atoms with E-state index in [0.717, 1.165) is 32.1 Å². The predicted molar refractivity (Wildman–Crippen MR) is 192 cm³/mol. The zero-order valence-corrected chi connectivity index (χ0v) is 30.5. The van der Waals surface area contributed by atoms with Crippen molar-refractivity contribution in [2.45, 2.75) is 56.2 Å². The lowest BCUT2D eigenvalue weighted by Crippen LogP contribution is -2.49. The molecule has 1 unspecified atom stereocenters. The Bertz CT molecular complexity index is 1760. The molecule has 14 heteroatoms. The summed E-state index contributed by atoms with van der Waals surface area (Å²) in [5.41, 5.74) is 2.55.